The van der Waals surface area contributed by atoms with Gasteiger partial charge in [-0.15, -0.1) is 0 Å². The first-order valence-electron chi connectivity index (χ1n) is 25.6. The Labute approximate surface area is 383 Å². The Morgan fingerprint density at radius 3 is 1.26 bits per heavy atom. The van der Waals surface area contributed by atoms with Crippen LogP contribution in [0.2, 0.25) is 0 Å². The molecule has 0 bridgehead atoms. The van der Waals surface area contributed by atoms with Crippen LogP contribution in [0.5, 0.6) is 0 Å². The number of rotatable bonds is 7. The first-order chi connectivity index (χ1) is 30.2. The summed E-state index contributed by atoms with van der Waals surface area (Å²) in [6.45, 7) is 14.6. The van der Waals surface area contributed by atoms with Crippen LogP contribution in [0.4, 0.5) is 0 Å². The summed E-state index contributed by atoms with van der Waals surface area (Å²) in [4.78, 5) is 44.6. The molecule has 0 unspecified atom stereocenters. The lowest BCUT2D eigenvalue weighted by molar-refractivity contribution is -0.141. The molecule has 0 radical (unpaired) electrons. The van der Waals surface area contributed by atoms with Crippen molar-refractivity contribution in [3.8, 4) is 0 Å². The van der Waals surface area contributed by atoms with Gasteiger partial charge in [-0.05, 0) is 91.1 Å². The number of nitrogens with zero attached hydrogens (tertiary/aromatic N) is 1. The van der Waals surface area contributed by atoms with E-state index in [1.54, 1.807) is 6.92 Å². The highest BCUT2D eigenvalue weighted by atomic mass is 16.5. The van der Waals surface area contributed by atoms with Crippen molar-refractivity contribution in [3.63, 3.8) is 0 Å². The van der Waals surface area contributed by atoms with Crippen molar-refractivity contribution in [1.29, 1.82) is 0 Å². The molecule has 3 rings (SSSR count). The maximum Gasteiger partial charge on any atom is 0.329 e. The molecule has 6 N–H and O–H groups in total. The molecular formula is C51H103N5O6. The van der Waals surface area contributed by atoms with Crippen LogP contribution in [0.3, 0.4) is 0 Å². The smallest absolute Gasteiger partial charge is 0.329 e. The number of nitrogens with two attached hydrogens (primary N) is 2. The highest BCUT2D eigenvalue weighted by molar-refractivity contribution is 5.80. The standard InChI is InChI=1S/C16H31NO2.C12H23NO.C12H25N.C4H6O2.C4H8O.C3H10N2/c1-19-16(18)12-15-17-13-10-8-6-4-2-3-5-7-9-11-14-17;14-12-10-8-6-4-2-1-3-5-7-9-11-13-12;1-2-4-6-8-10-12-13-11-9-7-5-3-1;1-3-4(5)6-2;1-3-4(2)5;4-2-1-3-5/h2-15H2,1H3;1-11H2,(H,13,14);13H,1-12H2;3H,1H2,2H3;3H2,1-2H3;1-5H2. The van der Waals surface area contributed by atoms with Crippen LogP contribution in [-0.4, -0.2) is 95.1 Å². The summed E-state index contributed by atoms with van der Waals surface area (Å²) >= 11 is 0. The molecule has 62 heavy (non-hydrogen) atoms. The van der Waals surface area contributed by atoms with Crippen LogP contribution in [0.25, 0.3) is 0 Å². The third-order valence-corrected chi connectivity index (χ3v) is 11.2. The number of carbonyl (C=O) groups is 4. The number of Topliss-reactive ketones (excluding diaryl/α,β-unsaturated/α-hetero) is 1. The molecule has 0 aromatic carbocycles. The fourth-order valence-corrected chi connectivity index (χ4v) is 6.98. The van der Waals surface area contributed by atoms with Crippen LogP contribution >= 0.6 is 0 Å². The Kier molecular flexibility index (Phi) is 58.5. The zero-order valence-corrected chi connectivity index (χ0v) is 41.3. The molecule has 3 fully saturated rings. The van der Waals surface area contributed by atoms with Crippen LogP contribution in [-0.2, 0) is 28.7 Å². The number of methoxy groups -OCH3 is 2. The Balaban J connectivity index is -0.000000725. The Bertz CT molecular complexity index is 889. The third-order valence-electron chi connectivity index (χ3n) is 11.2. The number of esters is 2. The number of hydrogen-bond acceptors (Lipinski definition) is 10. The molecule has 3 aliphatic heterocycles. The van der Waals surface area contributed by atoms with Crippen LogP contribution in [0.1, 0.15) is 226 Å². The normalized spacial score (nSPS) is 18.5. The van der Waals surface area contributed by atoms with Crippen molar-refractivity contribution in [3.05, 3.63) is 12.7 Å². The van der Waals surface area contributed by atoms with E-state index in [1.165, 1.54) is 201 Å². The van der Waals surface area contributed by atoms with Crippen molar-refractivity contribution < 1.29 is 28.7 Å². The van der Waals surface area contributed by atoms with E-state index >= 15 is 0 Å². The lowest BCUT2D eigenvalue weighted by Gasteiger charge is -2.21. The number of hydrogen-bond donors (Lipinski definition) is 4. The highest BCUT2D eigenvalue weighted by Gasteiger charge is 2.09. The number of amides is 1. The molecule has 0 aromatic rings. The van der Waals surface area contributed by atoms with E-state index in [-0.39, 0.29) is 17.7 Å². The minimum Gasteiger partial charge on any atom is -0.469 e. The molecule has 0 atom stereocenters. The monoisotopic (exact) mass is 882 g/mol. The second-order valence-electron chi connectivity index (χ2n) is 17.0. The van der Waals surface area contributed by atoms with Crippen LogP contribution in [0, 0.1) is 0 Å². The van der Waals surface area contributed by atoms with Gasteiger partial charge in [0.05, 0.1) is 20.6 Å². The number of carbonyl (C=O) groups excluding carboxylic acids is 4. The zero-order chi connectivity index (χ0) is 46.4. The first-order valence-corrected chi connectivity index (χ1v) is 25.6. The maximum atomic E-state index is 11.3. The molecule has 1 amide bonds. The second-order valence-corrected chi connectivity index (χ2v) is 17.0. The minimum atomic E-state index is -0.394. The number of nitrogens with one attached hydrogen (secondary N) is 2. The molecule has 3 heterocycles. The van der Waals surface area contributed by atoms with Gasteiger partial charge < -0.3 is 41.3 Å². The Morgan fingerprint density at radius 2 is 0.952 bits per heavy atom. The largest absolute Gasteiger partial charge is 0.469 e. The van der Waals surface area contributed by atoms with Gasteiger partial charge in [-0.25, -0.2) is 4.79 Å². The van der Waals surface area contributed by atoms with Gasteiger partial charge in [0.1, 0.15) is 5.78 Å². The summed E-state index contributed by atoms with van der Waals surface area (Å²) in [7, 11) is 2.78. The Hall–Kier alpha value is -2.34. The van der Waals surface area contributed by atoms with Crippen molar-refractivity contribution >= 4 is 23.6 Å². The lowest BCUT2D eigenvalue weighted by Crippen LogP contribution is -2.29. The molecule has 0 saturated carbocycles. The molecule has 11 nitrogen and oxygen atoms in total. The van der Waals surface area contributed by atoms with Crippen molar-refractivity contribution in [1.82, 2.24) is 15.5 Å². The fraction of sp³-hybridized carbons (Fsp3) is 0.882. The van der Waals surface area contributed by atoms with E-state index < -0.39 is 5.97 Å². The summed E-state index contributed by atoms with van der Waals surface area (Å²) in [5, 5.41) is 6.51. The minimum absolute atomic E-state index is 0.0806. The molecular weight excluding hydrogens is 779 g/mol. The molecule has 0 spiro atoms. The van der Waals surface area contributed by atoms with E-state index in [0.29, 0.717) is 12.8 Å². The molecule has 368 valence electrons. The fourth-order valence-electron chi connectivity index (χ4n) is 6.98. The predicted octanol–water partition coefficient (Wildman–Crippen LogP) is 10.9. The van der Waals surface area contributed by atoms with Crippen LogP contribution < -0.4 is 22.1 Å². The highest BCUT2D eigenvalue weighted by Crippen LogP contribution is 2.14. The Morgan fingerprint density at radius 1 is 0.597 bits per heavy atom. The van der Waals surface area contributed by atoms with Crippen molar-refractivity contribution in [2.75, 3.05) is 66.6 Å². The van der Waals surface area contributed by atoms with Gasteiger partial charge in [0.2, 0.25) is 5.91 Å². The van der Waals surface area contributed by atoms with Crippen molar-refractivity contribution in [2.45, 2.75) is 226 Å². The lowest BCUT2D eigenvalue weighted by atomic mass is 10.1. The second kappa shape index (κ2) is 56.7. The van der Waals surface area contributed by atoms with Gasteiger partial charge in [-0.1, -0.05) is 161 Å². The van der Waals surface area contributed by atoms with E-state index in [2.05, 4.69) is 26.8 Å². The quantitative estimate of drug-likeness (QED) is 0.143. The third kappa shape index (κ3) is 59.8. The average molecular weight is 882 g/mol. The summed E-state index contributed by atoms with van der Waals surface area (Å²) in [5.74, 6) is 0.0344. The molecule has 3 aliphatic rings. The SMILES string of the molecule is C1CCCCCCNCCCCC1.C=CC(=O)OC.CCC(C)=O.COC(=O)CCN1CCCCCCCCCCCC1.NCCCN.O=C1CCCCCCCCCCCN1. The zero-order valence-electron chi connectivity index (χ0n) is 41.3. The summed E-state index contributed by atoms with van der Waals surface area (Å²) in [6.07, 6.45) is 43.7. The molecule has 11 heteroatoms. The molecule has 0 aromatic heterocycles. The van der Waals surface area contributed by atoms with Gasteiger partial charge in [0.15, 0.2) is 0 Å². The molecule has 0 aliphatic carbocycles. The number of ether oxygens (including phenoxy) is 2. The summed E-state index contributed by atoms with van der Waals surface area (Å²) in [6, 6.07) is 0. The summed E-state index contributed by atoms with van der Waals surface area (Å²) < 4.78 is 8.87. The van der Waals surface area contributed by atoms with E-state index in [4.69, 9.17) is 16.2 Å². The van der Waals surface area contributed by atoms with Crippen molar-refractivity contribution in [2.24, 2.45) is 11.5 Å². The van der Waals surface area contributed by atoms with Crippen LogP contribution in [0.15, 0.2) is 12.7 Å². The van der Waals surface area contributed by atoms with Gasteiger partial charge in [0, 0.05) is 32.0 Å². The van der Waals surface area contributed by atoms with Gasteiger partial charge in [0.25, 0.3) is 0 Å². The van der Waals surface area contributed by atoms with E-state index in [1.807, 2.05) is 6.92 Å². The topological polar surface area (TPSA) is 166 Å². The first kappa shape index (κ1) is 63.9. The van der Waals surface area contributed by atoms with Gasteiger partial charge >= 0.3 is 11.9 Å². The predicted molar refractivity (Wildman–Crippen MR) is 263 cm³/mol. The van der Waals surface area contributed by atoms with Gasteiger partial charge in [-0.3, -0.25) is 9.59 Å². The van der Waals surface area contributed by atoms with Gasteiger partial charge in [-0.2, -0.15) is 0 Å². The number of ketones is 1. The maximum absolute atomic E-state index is 11.3. The molecule has 3 saturated heterocycles. The van der Waals surface area contributed by atoms with E-state index in [0.717, 1.165) is 71.0 Å². The summed E-state index contributed by atoms with van der Waals surface area (Å²) in [5.41, 5.74) is 10.1. The average Bonchev–Trinajstić information content (AvgIpc) is 3.35. The van der Waals surface area contributed by atoms with E-state index in [9.17, 15) is 19.2 Å².